The van der Waals surface area contributed by atoms with E-state index in [1.54, 1.807) is 17.3 Å². The molecule has 7 nitrogen and oxygen atoms in total. The summed E-state index contributed by atoms with van der Waals surface area (Å²) in [6.07, 6.45) is 4.45. The molecule has 0 radical (unpaired) electrons. The number of carbonyl (C=O) groups is 1. The summed E-state index contributed by atoms with van der Waals surface area (Å²) in [5, 5.41) is 9.62. The van der Waals surface area contributed by atoms with Crippen LogP contribution in [-0.4, -0.2) is 56.9 Å². The molecule has 4 rings (SSSR count). The zero-order valence-electron chi connectivity index (χ0n) is 19.4. The number of aromatic nitrogens is 4. The van der Waals surface area contributed by atoms with Gasteiger partial charge in [0.05, 0.1) is 5.75 Å². The van der Waals surface area contributed by atoms with E-state index in [-0.39, 0.29) is 11.7 Å². The maximum Gasteiger partial charge on any atom is 0.242 e. The van der Waals surface area contributed by atoms with Gasteiger partial charge in [-0.3, -0.25) is 14.7 Å². The summed E-state index contributed by atoms with van der Waals surface area (Å²) in [6, 6.07) is 23.3. The number of nitrogens with zero attached hydrogens (tertiary/aromatic N) is 6. The van der Waals surface area contributed by atoms with Crippen molar-refractivity contribution in [3.05, 3.63) is 85.2 Å². The smallest absolute Gasteiger partial charge is 0.242 e. The first kappa shape index (κ1) is 23.7. The standard InChI is InChI=1S/C26H28N6OS/c1-30(2)18-9-19-31-25(21-14-16-27-17-15-21)28-29-26(31)34-20-24(33)32(22-10-5-3-6-11-22)23-12-7-4-8-13-23/h3-8,10-17H,9,18-20H2,1-2H3. The Morgan fingerprint density at radius 3 is 2.09 bits per heavy atom. The molecule has 0 atom stereocenters. The van der Waals surface area contributed by atoms with Crippen LogP contribution in [0.4, 0.5) is 11.4 Å². The van der Waals surface area contributed by atoms with E-state index in [4.69, 9.17) is 0 Å². The molecule has 0 unspecified atom stereocenters. The Kier molecular flexibility index (Phi) is 8.06. The number of hydrogen-bond donors (Lipinski definition) is 0. The van der Waals surface area contributed by atoms with Crippen molar-refractivity contribution in [1.82, 2.24) is 24.6 Å². The summed E-state index contributed by atoms with van der Waals surface area (Å²) < 4.78 is 2.10. The number of amides is 1. The summed E-state index contributed by atoms with van der Waals surface area (Å²) in [4.78, 5) is 21.5. The third-order valence-electron chi connectivity index (χ3n) is 5.25. The predicted molar refractivity (Wildman–Crippen MR) is 137 cm³/mol. The van der Waals surface area contributed by atoms with E-state index < -0.39 is 0 Å². The van der Waals surface area contributed by atoms with Crippen LogP contribution in [0.15, 0.2) is 90.3 Å². The molecular weight excluding hydrogens is 444 g/mol. The van der Waals surface area contributed by atoms with Crippen molar-refractivity contribution in [3.63, 3.8) is 0 Å². The quantitative estimate of drug-likeness (QED) is 0.310. The second-order valence-electron chi connectivity index (χ2n) is 8.04. The van der Waals surface area contributed by atoms with Crippen LogP contribution in [0.1, 0.15) is 6.42 Å². The molecule has 0 N–H and O–H groups in total. The van der Waals surface area contributed by atoms with Crippen molar-refractivity contribution in [1.29, 1.82) is 0 Å². The number of carbonyl (C=O) groups excluding carboxylic acids is 1. The lowest BCUT2D eigenvalue weighted by Crippen LogP contribution is -2.27. The number of rotatable bonds is 10. The lowest BCUT2D eigenvalue weighted by molar-refractivity contribution is -0.115. The van der Waals surface area contributed by atoms with Crippen molar-refractivity contribution < 1.29 is 4.79 Å². The molecule has 0 fully saturated rings. The van der Waals surface area contributed by atoms with Crippen molar-refractivity contribution in [3.8, 4) is 11.4 Å². The fraction of sp³-hybridized carbons (Fsp3) is 0.231. The Hall–Kier alpha value is -3.49. The van der Waals surface area contributed by atoms with Gasteiger partial charge in [-0.15, -0.1) is 10.2 Å². The Balaban J connectivity index is 1.56. The molecule has 0 saturated carbocycles. The Labute approximate surface area is 204 Å². The molecule has 0 aliphatic carbocycles. The SMILES string of the molecule is CN(C)CCCn1c(SCC(=O)N(c2ccccc2)c2ccccc2)nnc1-c1ccncc1. The Bertz CT molecular complexity index is 1140. The summed E-state index contributed by atoms with van der Waals surface area (Å²) in [7, 11) is 4.12. The second-order valence-corrected chi connectivity index (χ2v) is 8.98. The van der Waals surface area contributed by atoms with Gasteiger partial charge in [-0.1, -0.05) is 48.2 Å². The zero-order chi connectivity index (χ0) is 23.8. The maximum absolute atomic E-state index is 13.4. The van der Waals surface area contributed by atoms with Crippen LogP contribution in [0.2, 0.25) is 0 Å². The van der Waals surface area contributed by atoms with E-state index in [0.29, 0.717) is 0 Å². The zero-order valence-corrected chi connectivity index (χ0v) is 20.2. The molecule has 2 aromatic carbocycles. The number of thioether (sulfide) groups is 1. The van der Waals surface area contributed by atoms with Gasteiger partial charge in [0, 0.05) is 35.9 Å². The monoisotopic (exact) mass is 472 g/mol. The predicted octanol–water partition coefficient (Wildman–Crippen LogP) is 4.75. The first-order chi connectivity index (χ1) is 16.6. The number of anilines is 2. The van der Waals surface area contributed by atoms with Crippen molar-refractivity contribution >= 4 is 29.0 Å². The highest BCUT2D eigenvalue weighted by atomic mass is 32.2. The maximum atomic E-state index is 13.4. The largest absolute Gasteiger partial charge is 0.309 e. The normalized spacial score (nSPS) is 11.0. The van der Waals surface area contributed by atoms with Crippen molar-refractivity contribution in [2.24, 2.45) is 0 Å². The van der Waals surface area contributed by atoms with Crippen LogP contribution in [-0.2, 0) is 11.3 Å². The van der Waals surface area contributed by atoms with Crippen LogP contribution in [0.5, 0.6) is 0 Å². The highest BCUT2D eigenvalue weighted by Crippen LogP contribution is 2.28. The third-order valence-corrected chi connectivity index (χ3v) is 6.20. The molecule has 8 heteroatoms. The van der Waals surface area contributed by atoms with E-state index in [0.717, 1.165) is 47.4 Å². The molecule has 0 aliphatic rings. The number of para-hydroxylation sites is 2. The third kappa shape index (κ3) is 5.89. The number of benzene rings is 2. The van der Waals surface area contributed by atoms with Gasteiger partial charge in [-0.2, -0.15) is 0 Å². The summed E-state index contributed by atoms with van der Waals surface area (Å²) in [5.74, 6) is 1.01. The summed E-state index contributed by atoms with van der Waals surface area (Å²) >= 11 is 1.42. The molecule has 0 bridgehead atoms. The van der Waals surface area contributed by atoms with Gasteiger partial charge >= 0.3 is 0 Å². The Morgan fingerprint density at radius 2 is 1.50 bits per heavy atom. The van der Waals surface area contributed by atoms with Gasteiger partial charge < -0.3 is 9.47 Å². The van der Waals surface area contributed by atoms with Crippen molar-refractivity contribution in [2.45, 2.75) is 18.1 Å². The fourth-order valence-electron chi connectivity index (χ4n) is 3.64. The van der Waals surface area contributed by atoms with Gasteiger partial charge in [0.25, 0.3) is 0 Å². The summed E-state index contributed by atoms with van der Waals surface area (Å²) in [5.41, 5.74) is 2.63. The minimum Gasteiger partial charge on any atom is -0.309 e. The number of pyridine rings is 1. The molecule has 0 aliphatic heterocycles. The highest BCUT2D eigenvalue weighted by Gasteiger charge is 2.21. The first-order valence-corrected chi connectivity index (χ1v) is 12.2. The molecular formula is C26H28N6OS. The van der Waals surface area contributed by atoms with E-state index in [1.807, 2.05) is 72.8 Å². The molecule has 4 aromatic rings. The fourth-order valence-corrected chi connectivity index (χ4v) is 4.45. The lowest BCUT2D eigenvalue weighted by atomic mass is 10.2. The van der Waals surface area contributed by atoms with Gasteiger partial charge in [0.15, 0.2) is 11.0 Å². The number of hydrogen-bond acceptors (Lipinski definition) is 6. The van der Waals surface area contributed by atoms with Gasteiger partial charge in [-0.25, -0.2) is 0 Å². The first-order valence-electron chi connectivity index (χ1n) is 11.2. The van der Waals surface area contributed by atoms with E-state index in [2.05, 4.69) is 38.7 Å². The molecule has 0 spiro atoms. The minimum absolute atomic E-state index is 0.0179. The highest BCUT2D eigenvalue weighted by molar-refractivity contribution is 7.99. The van der Waals surface area contributed by atoms with Crippen LogP contribution in [0, 0.1) is 0 Å². The molecule has 34 heavy (non-hydrogen) atoms. The van der Waals surface area contributed by atoms with E-state index >= 15 is 0 Å². The molecule has 0 saturated heterocycles. The summed E-state index contributed by atoms with van der Waals surface area (Å²) in [6.45, 7) is 1.72. The van der Waals surface area contributed by atoms with Crippen LogP contribution >= 0.6 is 11.8 Å². The van der Waals surface area contributed by atoms with Gasteiger partial charge in [-0.05, 0) is 63.5 Å². The molecule has 2 heterocycles. The van der Waals surface area contributed by atoms with Crippen LogP contribution in [0.25, 0.3) is 11.4 Å². The van der Waals surface area contributed by atoms with Crippen molar-refractivity contribution in [2.75, 3.05) is 31.3 Å². The molecule has 2 aromatic heterocycles. The average molecular weight is 473 g/mol. The average Bonchev–Trinajstić information content (AvgIpc) is 3.27. The van der Waals surface area contributed by atoms with Crippen LogP contribution in [0.3, 0.4) is 0 Å². The van der Waals surface area contributed by atoms with Gasteiger partial charge in [0.2, 0.25) is 5.91 Å². The molecule has 1 amide bonds. The van der Waals surface area contributed by atoms with E-state index in [1.165, 1.54) is 11.8 Å². The van der Waals surface area contributed by atoms with Crippen LogP contribution < -0.4 is 4.90 Å². The van der Waals surface area contributed by atoms with E-state index in [9.17, 15) is 4.79 Å². The topological polar surface area (TPSA) is 67.2 Å². The minimum atomic E-state index is -0.0179. The second kappa shape index (κ2) is 11.6. The molecule has 174 valence electrons. The lowest BCUT2D eigenvalue weighted by Gasteiger charge is -2.23. The van der Waals surface area contributed by atoms with Gasteiger partial charge in [0.1, 0.15) is 0 Å². The Morgan fingerprint density at radius 1 is 0.882 bits per heavy atom.